The Morgan fingerprint density at radius 2 is 2.23 bits per heavy atom. The lowest BCUT2D eigenvalue weighted by Crippen LogP contribution is -2.10. The predicted octanol–water partition coefficient (Wildman–Crippen LogP) is 2.39. The molecule has 0 amide bonds. The first-order valence-electron chi connectivity index (χ1n) is 4.24. The molecule has 0 radical (unpaired) electrons. The molecule has 0 saturated carbocycles. The average molecular weight is 200 g/mol. The van der Waals surface area contributed by atoms with Crippen LogP contribution in [0, 0.1) is 5.92 Å². The SMILES string of the molecule is CC(C)CNc1c(N)cncc1Cl. The van der Waals surface area contributed by atoms with E-state index in [-0.39, 0.29) is 0 Å². The smallest absolute Gasteiger partial charge is 0.0841 e. The van der Waals surface area contributed by atoms with Crippen LogP contribution in [0.1, 0.15) is 13.8 Å². The first kappa shape index (κ1) is 10.1. The number of halogens is 1. The van der Waals surface area contributed by atoms with E-state index in [0.29, 0.717) is 16.6 Å². The van der Waals surface area contributed by atoms with E-state index in [1.807, 2.05) is 0 Å². The lowest BCUT2D eigenvalue weighted by Gasteiger charge is -2.11. The molecule has 13 heavy (non-hydrogen) atoms. The van der Waals surface area contributed by atoms with Crippen molar-refractivity contribution in [2.75, 3.05) is 17.6 Å². The highest BCUT2D eigenvalue weighted by atomic mass is 35.5. The Morgan fingerprint density at radius 1 is 1.54 bits per heavy atom. The largest absolute Gasteiger partial charge is 0.396 e. The summed E-state index contributed by atoms with van der Waals surface area (Å²) >= 11 is 5.91. The molecule has 1 aromatic rings. The number of rotatable bonds is 3. The van der Waals surface area contributed by atoms with Crippen molar-refractivity contribution < 1.29 is 0 Å². The van der Waals surface area contributed by atoms with Gasteiger partial charge in [0.15, 0.2) is 0 Å². The molecule has 0 aromatic carbocycles. The van der Waals surface area contributed by atoms with E-state index >= 15 is 0 Å². The summed E-state index contributed by atoms with van der Waals surface area (Å²) in [4.78, 5) is 3.87. The van der Waals surface area contributed by atoms with Gasteiger partial charge < -0.3 is 11.1 Å². The first-order chi connectivity index (χ1) is 6.11. The molecule has 0 saturated heterocycles. The Kier molecular flexibility index (Phi) is 3.37. The van der Waals surface area contributed by atoms with E-state index in [2.05, 4.69) is 24.1 Å². The topological polar surface area (TPSA) is 50.9 Å². The van der Waals surface area contributed by atoms with E-state index in [9.17, 15) is 0 Å². The van der Waals surface area contributed by atoms with Gasteiger partial charge in [-0.1, -0.05) is 25.4 Å². The van der Waals surface area contributed by atoms with E-state index in [1.165, 1.54) is 0 Å². The van der Waals surface area contributed by atoms with E-state index in [4.69, 9.17) is 17.3 Å². The summed E-state index contributed by atoms with van der Waals surface area (Å²) in [6.07, 6.45) is 3.18. The van der Waals surface area contributed by atoms with Gasteiger partial charge in [-0.3, -0.25) is 4.98 Å². The van der Waals surface area contributed by atoms with Gasteiger partial charge in [0.25, 0.3) is 0 Å². The van der Waals surface area contributed by atoms with Crippen LogP contribution in [0.25, 0.3) is 0 Å². The molecule has 0 spiro atoms. The normalized spacial score (nSPS) is 10.5. The summed E-state index contributed by atoms with van der Waals surface area (Å²) in [7, 11) is 0. The number of hydrogen-bond acceptors (Lipinski definition) is 3. The van der Waals surface area contributed by atoms with Crippen molar-refractivity contribution in [1.29, 1.82) is 0 Å². The van der Waals surface area contributed by atoms with Crippen LogP contribution in [0.3, 0.4) is 0 Å². The van der Waals surface area contributed by atoms with Crippen LogP contribution in [0.5, 0.6) is 0 Å². The highest BCUT2D eigenvalue weighted by Crippen LogP contribution is 2.26. The van der Waals surface area contributed by atoms with Crippen molar-refractivity contribution in [3.8, 4) is 0 Å². The summed E-state index contributed by atoms with van der Waals surface area (Å²) < 4.78 is 0. The Hall–Kier alpha value is -0.960. The molecule has 0 atom stereocenters. The number of aromatic nitrogens is 1. The zero-order valence-electron chi connectivity index (χ0n) is 7.84. The van der Waals surface area contributed by atoms with Crippen molar-refractivity contribution >= 4 is 23.0 Å². The van der Waals surface area contributed by atoms with E-state index in [1.54, 1.807) is 12.4 Å². The molecular formula is C9H14ClN3. The Balaban J connectivity index is 2.75. The van der Waals surface area contributed by atoms with Gasteiger partial charge in [0, 0.05) is 12.7 Å². The van der Waals surface area contributed by atoms with E-state index < -0.39 is 0 Å². The highest BCUT2D eigenvalue weighted by molar-refractivity contribution is 6.33. The molecule has 1 aromatic heterocycles. The van der Waals surface area contributed by atoms with Crippen LogP contribution in [0.4, 0.5) is 11.4 Å². The molecular weight excluding hydrogens is 186 g/mol. The van der Waals surface area contributed by atoms with E-state index in [0.717, 1.165) is 12.2 Å². The quantitative estimate of drug-likeness (QED) is 0.786. The Morgan fingerprint density at radius 3 is 2.77 bits per heavy atom. The minimum absolute atomic E-state index is 0.559. The number of anilines is 2. The molecule has 72 valence electrons. The fraction of sp³-hybridized carbons (Fsp3) is 0.444. The summed E-state index contributed by atoms with van der Waals surface area (Å²) in [5.74, 6) is 0.559. The van der Waals surface area contributed by atoms with Crippen LogP contribution in [0.15, 0.2) is 12.4 Å². The maximum atomic E-state index is 5.91. The number of nitrogen functional groups attached to an aromatic ring is 1. The molecule has 0 aliphatic carbocycles. The summed E-state index contributed by atoms with van der Waals surface area (Å²) in [6, 6.07) is 0. The average Bonchev–Trinajstić information content (AvgIpc) is 2.03. The highest BCUT2D eigenvalue weighted by Gasteiger charge is 2.04. The van der Waals surface area contributed by atoms with Crippen LogP contribution >= 0.6 is 11.6 Å². The number of nitrogens with one attached hydrogen (secondary N) is 1. The number of hydrogen-bond donors (Lipinski definition) is 2. The molecule has 0 unspecified atom stereocenters. The van der Waals surface area contributed by atoms with Gasteiger partial charge in [-0.2, -0.15) is 0 Å². The van der Waals surface area contributed by atoms with Gasteiger partial charge in [0.05, 0.1) is 22.6 Å². The van der Waals surface area contributed by atoms with Crippen LogP contribution < -0.4 is 11.1 Å². The third-order valence-corrected chi connectivity index (χ3v) is 1.90. The molecule has 0 bridgehead atoms. The van der Waals surface area contributed by atoms with Crippen LogP contribution in [-0.2, 0) is 0 Å². The van der Waals surface area contributed by atoms with Crippen LogP contribution in [0.2, 0.25) is 5.02 Å². The zero-order chi connectivity index (χ0) is 9.84. The zero-order valence-corrected chi connectivity index (χ0v) is 8.60. The monoisotopic (exact) mass is 199 g/mol. The summed E-state index contributed by atoms with van der Waals surface area (Å²) in [5, 5.41) is 3.75. The van der Waals surface area contributed by atoms with Gasteiger partial charge in [0.1, 0.15) is 0 Å². The van der Waals surface area contributed by atoms with Crippen molar-refractivity contribution in [3.05, 3.63) is 17.4 Å². The molecule has 4 heteroatoms. The second kappa shape index (κ2) is 4.33. The third kappa shape index (κ3) is 2.77. The van der Waals surface area contributed by atoms with Crippen molar-refractivity contribution in [2.45, 2.75) is 13.8 Å². The van der Waals surface area contributed by atoms with Gasteiger partial charge in [-0.05, 0) is 5.92 Å². The molecule has 0 aliphatic heterocycles. The molecule has 3 N–H and O–H groups in total. The summed E-state index contributed by atoms with van der Waals surface area (Å²) in [6.45, 7) is 5.10. The molecule has 0 aliphatic rings. The van der Waals surface area contributed by atoms with Crippen molar-refractivity contribution in [3.63, 3.8) is 0 Å². The fourth-order valence-electron chi connectivity index (χ4n) is 0.943. The maximum absolute atomic E-state index is 5.91. The summed E-state index contributed by atoms with van der Waals surface area (Å²) in [5.41, 5.74) is 7.07. The lowest BCUT2D eigenvalue weighted by atomic mass is 10.2. The minimum Gasteiger partial charge on any atom is -0.396 e. The third-order valence-electron chi connectivity index (χ3n) is 1.62. The van der Waals surface area contributed by atoms with Gasteiger partial charge in [-0.25, -0.2) is 0 Å². The van der Waals surface area contributed by atoms with Gasteiger partial charge in [-0.15, -0.1) is 0 Å². The molecule has 1 rings (SSSR count). The second-order valence-electron chi connectivity index (χ2n) is 3.36. The standard InChI is InChI=1S/C9H14ClN3/c1-6(2)3-13-9-7(10)4-12-5-8(9)11/h4-6H,3,11H2,1-2H3,(H,12,13). The van der Waals surface area contributed by atoms with Gasteiger partial charge in [0.2, 0.25) is 0 Å². The number of pyridine rings is 1. The molecule has 0 fully saturated rings. The van der Waals surface area contributed by atoms with Crippen molar-refractivity contribution in [1.82, 2.24) is 4.98 Å². The molecule has 1 heterocycles. The lowest BCUT2D eigenvalue weighted by molar-refractivity contribution is 0.689. The van der Waals surface area contributed by atoms with Gasteiger partial charge >= 0.3 is 0 Å². The molecule has 3 nitrogen and oxygen atoms in total. The number of nitrogens with zero attached hydrogens (tertiary/aromatic N) is 1. The number of nitrogens with two attached hydrogens (primary N) is 1. The fourth-order valence-corrected chi connectivity index (χ4v) is 1.17. The first-order valence-corrected chi connectivity index (χ1v) is 4.62. The Bertz CT molecular complexity index is 266. The maximum Gasteiger partial charge on any atom is 0.0841 e. The predicted molar refractivity (Wildman–Crippen MR) is 57.0 cm³/mol. The Labute approximate surface area is 83.3 Å². The second-order valence-corrected chi connectivity index (χ2v) is 3.77. The van der Waals surface area contributed by atoms with Crippen LogP contribution in [-0.4, -0.2) is 11.5 Å². The van der Waals surface area contributed by atoms with Crippen molar-refractivity contribution in [2.24, 2.45) is 5.92 Å². The minimum atomic E-state index is 0.559.